The molecule has 0 aromatic heterocycles. The number of hydrogen-bond donors (Lipinski definition) is 2. The van der Waals surface area contributed by atoms with Crippen LogP contribution in [0, 0.1) is 5.82 Å². The van der Waals surface area contributed by atoms with Gasteiger partial charge in [0.15, 0.2) is 5.11 Å². The van der Waals surface area contributed by atoms with Gasteiger partial charge in [-0.1, -0.05) is 36.4 Å². The Labute approximate surface area is 146 Å². The van der Waals surface area contributed by atoms with Gasteiger partial charge in [0.05, 0.1) is 6.21 Å². The lowest BCUT2D eigenvalue weighted by Gasteiger charge is -2.09. The summed E-state index contributed by atoms with van der Waals surface area (Å²) in [6.07, 6.45) is 3.29. The van der Waals surface area contributed by atoms with Crippen LogP contribution in [0.4, 0.5) is 4.39 Å². The van der Waals surface area contributed by atoms with E-state index >= 15 is 0 Å². The first-order chi connectivity index (χ1) is 11.7. The molecule has 2 N–H and O–H groups in total. The lowest BCUT2D eigenvalue weighted by Crippen LogP contribution is -2.31. The number of para-hydroxylation sites is 1. The van der Waals surface area contributed by atoms with Crippen LogP contribution in [0.5, 0.6) is 5.75 Å². The molecule has 2 aromatic rings. The molecule has 0 unspecified atom stereocenters. The molecule has 0 aliphatic carbocycles. The fraction of sp³-hybridized carbons (Fsp3) is 0.111. The quantitative estimate of drug-likeness (QED) is 0.350. The summed E-state index contributed by atoms with van der Waals surface area (Å²) in [7, 11) is 0. The molecule has 0 amide bonds. The van der Waals surface area contributed by atoms with Crippen molar-refractivity contribution in [1.82, 2.24) is 10.7 Å². The van der Waals surface area contributed by atoms with E-state index < -0.39 is 0 Å². The van der Waals surface area contributed by atoms with E-state index in [9.17, 15) is 4.39 Å². The van der Waals surface area contributed by atoms with E-state index in [0.29, 0.717) is 23.0 Å². The van der Waals surface area contributed by atoms with Crippen molar-refractivity contribution in [1.29, 1.82) is 0 Å². The summed E-state index contributed by atoms with van der Waals surface area (Å²) in [6.45, 7) is 4.29. The van der Waals surface area contributed by atoms with Crippen molar-refractivity contribution < 1.29 is 9.13 Å². The van der Waals surface area contributed by atoms with Crippen molar-refractivity contribution in [2.75, 3.05) is 6.54 Å². The zero-order chi connectivity index (χ0) is 17.2. The Morgan fingerprint density at radius 3 is 2.75 bits per heavy atom. The van der Waals surface area contributed by atoms with Gasteiger partial charge >= 0.3 is 0 Å². The second-order valence-electron chi connectivity index (χ2n) is 4.79. The molecule has 6 heteroatoms. The average Bonchev–Trinajstić information content (AvgIpc) is 2.60. The highest BCUT2D eigenvalue weighted by molar-refractivity contribution is 7.80. The number of nitrogens with one attached hydrogen (secondary N) is 2. The van der Waals surface area contributed by atoms with Gasteiger partial charge in [-0.15, -0.1) is 6.58 Å². The van der Waals surface area contributed by atoms with Gasteiger partial charge in [0.25, 0.3) is 0 Å². The van der Waals surface area contributed by atoms with Crippen LogP contribution >= 0.6 is 12.2 Å². The number of hydrazone groups is 1. The maximum absolute atomic E-state index is 13.6. The van der Waals surface area contributed by atoms with Crippen LogP contribution in [0.2, 0.25) is 0 Å². The van der Waals surface area contributed by atoms with Crippen LogP contribution in [-0.4, -0.2) is 17.9 Å². The summed E-state index contributed by atoms with van der Waals surface area (Å²) in [5.74, 6) is 0.320. The molecule has 0 aliphatic heterocycles. The van der Waals surface area contributed by atoms with E-state index in [4.69, 9.17) is 17.0 Å². The normalized spacial score (nSPS) is 10.4. The highest BCUT2D eigenvalue weighted by Gasteiger charge is 2.04. The Morgan fingerprint density at radius 2 is 1.96 bits per heavy atom. The maximum Gasteiger partial charge on any atom is 0.187 e. The van der Waals surface area contributed by atoms with Gasteiger partial charge < -0.3 is 10.1 Å². The maximum atomic E-state index is 13.6. The number of hydrogen-bond acceptors (Lipinski definition) is 3. The lowest BCUT2D eigenvalue weighted by molar-refractivity contribution is 0.299. The summed E-state index contributed by atoms with van der Waals surface area (Å²) in [5.41, 5.74) is 3.96. The monoisotopic (exact) mass is 343 g/mol. The van der Waals surface area contributed by atoms with Crippen LogP contribution in [-0.2, 0) is 6.61 Å². The highest BCUT2D eigenvalue weighted by Crippen LogP contribution is 2.18. The van der Waals surface area contributed by atoms with E-state index in [2.05, 4.69) is 22.4 Å². The first-order valence-corrected chi connectivity index (χ1v) is 7.74. The zero-order valence-corrected chi connectivity index (χ0v) is 13.9. The third-order valence-electron chi connectivity index (χ3n) is 3.04. The lowest BCUT2D eigenvalue weighted by atomic mass is 10.2. The Bertz CT molecular complexity index is 734. The molecule has 0 atom stereocenters. The number of benzene rings is 2. The van der Waals surface area contributed by atoms with Gasteiger partial charge in [-0.25, -0.2) is 4.39 Å². The SMILES string of the molecule is C=CCNC(=S)NN=Cc1ccccc1OCc1ccccc1F. The number of halogens is 1. The summed E-state index contributed by atoms with van der Waals surface area (Å²) < 4.78 is 19.3. The largest absolute Gasteiger partial charge is 0.488 e. The fourth-order valence-electron chi connectivity index (χ4n) is 1.85. The van der Waals surface area contributed by atoms with E-state index in [0.717, 1.165) is 5.56 Å². The van der Waals surface area contributed by atoms with Crippen molar-refractivity contribution in [3.05, 3.63) is 78.1 Å². The molecule has 124 valence electrons. The Hall–Kier alpha value is -2.73. The van der Waals surface area contributed by atoms with E-state index in [1.807, 2.05) is 18.2 Å². The van der Waals surface area contributed by atoms with Crippen molar-refractivity contribution in [3.8, 4) is 5.75 Å². The van der Waals surface area contributed by atoms with E-state index in [-0.39, 0.29) is 12.4 Å². The summed E-state index contributed by atoms with van der Waals surface area (Å²) >= 11 is 5.04. The molecule has 0 heterocycles. The standard InChI is InChI=1S/C18H18FN3OS/c1-2-11-20-18(24)22-21-12-14-7-4-6-10-17(14)23-13-15-8-3-5-9-16(15)19/h2-10,12H,1,11,13H2,(H2,20,22,24). The Kier molecular flexibility index (Phi) is 6.91. The topological polar surface area (TPSA) is 45.7 Å². The predicted octanol–water partition coefficient (Wildman–Crippen LogP) is 3.39. The summed E-state index contributed by atoms with van der Waals surface area (Å²) in [5, 5.41) is 7.36. The molecule has 4 nitrogen and oxygen atoms in total. The van der Waals surface area contributed by atoms with Gasteiger partial charge in [0.2, 0.25) is 0 Å². The predicted molar refractivity (Wildman–Crippen MR) is 98.7 cm³/mol. The zero-order valence-electron chi connectivity index (χ0n) is 13.0. The van der Waals surface area contributed by atoms with Crippen LogP contribution < -0.4 is 15.5 Å². The van der Waals surface area contributed by atoms with Crippen molar-refractivity contribution in [2.24, 2.45) is 5.10 Å². The summed E-state index contributed by atoms with van der Waals surface area (Å²) in [4.78, 5) is 0. The molecule has 0 spiro atoms. The molecule has 2 aromatic carbocycles. The van der Waals surface area contributed by atoms with Gasteiger partial charge in [-0.05, 0) is 30.4 Å². The smallest absolute Gasteiger partial charge is 0.187 e. The van der Waals surface area contributed by atoms with Gasteiger partial charge in [0.1, 0.15) is 18.2 Å². The molecule has 0 radical (unpaired) electrons. The highest BCUT2D eigenvalue weighted by atomic mass is 32.1. The second-order valence-corrected chi connectivity index (χ2v) is 5.19. The Balaban J connectivity index is 1.98. The number of nitrogens with zero attached hydrogens (tertiary/aromatic N) is 1. The molecule has 0 saturated heterocycles. The second kappa shape index (κ2) is 9.42. The first kappa shape index (κ1) is 17.6. The fourth-order valence-corrected chi connectivity index (χ4v) is 1.99. The summed E-state index contributed by atoms with van der Waals surface area (Å²) in [6, 6.07) is 13.9. The number of thiocarbonyl (C=S) groups is 1. The average molecular weight is 343 g/mol. The Morgan fingerprint density at radius 1 is 1.21 bits per heavy atom. The van der Waals surface area contributed by atoms with E-state index in [1.54, 1.807) is 36.6 Å². The van der Waals surface area contributed by atoms with Crippen LogP contribution in [0.15, 0.2) is 66.3 Å². The minimum atomic E-state index is -0.288. The molecule has 0 fully saturated rings. The number of rotatable bonds is 7. The van der Waals surface area contributed by atoms with Gasteiger partial charge in [-0.3, -0.25) is 5.43 Å². The first-order valence-electron chi connectivity index (χ1n) is 7.33. The minimum absolute atomic E-state index is 0.143. The molecule has 0 bridgehead atoms. The third kappa shape index (κ3) is 5.48. The molecular weight excluding hydrogens is 325 g/mol. The van der Waals surface area contributed by atoms with Crippen molar-refractivity contribution >= 4 is 23.5 Å². The van der Waals surface area contributed by atoms with E-state index in [1.165, 1.54) is 6.07 Å². The molecule has 0 aliphatic rings. The van der Waals surface area contributed by atoms with Gasteiger partial charge in [-0.2, -0.15) is 5.10 Å². The minimum Gasteiger partial charge on any atom is -0.488 e. The van der Waals surface area contributed by atoms with Gasteiger partial charge in [0, 0.05) is 17.7 Å². The van der Waals surface area contributed by atoms with Crippen LogP contribution in [0.1, 0.15) is 11.1 Å². The third-order valence-corrected chi connectivity index (χ3v) is 3.27. The molecular formula is C18H18FN3OS. The molecule has 2 rings (SSSR count). The number of ether oxygens (including phenoxy) is 1. The van der Waals surface area contributed by atoms with Crippen molar-refractivity contribution in [3.63, 3.8) is 0 Å². The molecule has 0 saturated carbocycles. The molecule has 24 heavy (non-hydrogen) atoms. The van der Waals surface area contributed by atoms with Crippen molar-refractivity contribution in [2.45, 2.75) is 6.61 Å². The van der Waals surface area contributed by atoms with Crippen LogP contribution in [0.25, 0.3) is 0 Å². The van der Waals surface area contributed by atoms with Crippen LogP contribution in [0.3, 0.4) is 0 Å².